The van der Waals surface area contributed by atoms with Crippen LogP contribution in [0, 0.1) is 0 Å². The van der Waals surface area contributed by atoms with E-state index in [2.05, 4.69) is 24.1 Å². The highest BCUT2D eigenvalue weighted by Gasteiger charge is 2.17. The molecule has 1 aromatic heterocycles. The van der Waals surface area contributed by atoms with Gasteiger partial charge < -0.3 is 25.3 Å². The fourth-order valence-corrected chi connectivity index (χ4v) is 2.30. The Morgan fingerprint density at radius 3 is 2.86 bits per heavy atom. The number of fused-ring (bicyclic) bond motifs is 1. The van der Waals surface area contributed by atoms with E-state index in [-0.39, 0.29) is 18.1 Å². The molecule has 2 rings (SSSR count). The molecule has 1 atom stereocenters. The molecule has 22 heavy (non-hydrogen) atoms. The summed E-state index contributed by atoms with van der Waals surface area (Å²) in [6, 6.07) is 7.55. The predicted octanol–water partition coefficient (Wildman–Crippen LogP) is 2.09. The molecule has 6 heteroatoms. The van der Waals surface area contributed by atoms with E-state index < -0.39 is 6.10 Å². The van der Waals surface area contributed by atoms with Crippen molar-refractivity contribution in [1.29, 1.82) is 0 Å². The maximum Gasteiger partial charge on any atom is 0.128 e. The fraction of sp³-hybridized carbons (Fsp3) is 0.500. The Kier molecular flexibility index (Phi) is 5.74. The van der Waals surface area contributed by atoms with Gasteiger partial charge >= 0.3 is 0 Å². The number of aromatic nitrogens is 1. The molecule has 122 valence electrons. The first kappa shape index (κ1) is 17.1. The zero-order valence-corrected chi connectivity index (χ0v) is 14.0. The molecule has 4 N–H and O–H groups in total. The summed E-state index contributed by atoms with van der Waals surface area (Å²) >= 11 is 1.70. The summed E-state index contributed by atoms with van der Waals surface area (Å²) in [5.74, 6) is 0.705. The molecular formula is C16H24N2O3S. The van der Waals surface area contributed by atoms with Crippen molar-refractivity contribution in [3.8, 4) is 5.75 Å². The van der Waals surface area contributed by atoms with Crippen molar-refractivity contribution in [1.82, 2.24) is 10.3 Å². The summed E-state index contributed by atoms with van der Waals surface area (Å²) < 4.78 is 5.74. The molecule has 1 heterocycles. The lowest BCUT2D eigenvalue weighted by Gasteiger charge is -2.25. The van der Waals surface area contributed by atoms with Gasteiger partial charge in [0, 0.05) is 23.1 Å². The average Bonchev–Trinajstić information content (AvgIpc) is 2.94. The van der Waals surface area contributed by atoms with E-state index in [9.17, 15) is 10.2 Å². The number of hydrogen-bond acceptors (Lipinski definition) is 5. The minimum atomic E-state index is -0.585. The van der Waals surface area contributed by atoms with Crippen LogP contribution in [-0.2, 0) is 6.61 Å². The molecule has 0 aliphatic rings. The maximum atomic E-state index is 10.0. The van der Waals surface area contributed by atoms with Gasteiger partial charge in [0.15, 0.2) is 0 Å². The number of benzene rings is 1. The van der Waals surface area contributed by atoms with Gasteiger partial charge in [-0.25, -0.2) is 0 Å². The highest BCUT2D eigenvalue weighted by Crippen LogP contribution is 2.26. The van der Waals surface area contributed by atoms with Crippen LogP contribution >= 0.6 is 11.8 Å². The molecule has 0 saturated carbocycles. The van der Waals surface area contributed by atoms with Crippen LogP contribution in [0.15, 0.2) is 24.3 Å². The Morgan fingerprint density at radius 2 is 2.18 bits per heavy atom. The third-order valence-corrected chi connectivity index (χ3v) is 4.72. The van der Waals surface area contributed by atoms with Crippen molar-refractivity contribution >= 4 is 22.7 Å². The average molecular weight is 324 g/mol. The van der Waals surface area contributed by atoms with E-state index >= 15 is 0 Å². The van der Waals surface area contributed by atoms with Crippen LogP contribution in [0.4, 0.5) is 0 Å². The second-order valence-electron chi connectivity index (χ2n) is 5.73. The van der Waals surface area contributed by atoms with Gasteiger partial charge in [0.1, 0.15) is 18.5 Å². The molecule has 0 saturated heterocycles. The van der Waals surface area contributed by atoms with Gasteiger partial charge in [0.2, 0.25) is 0 Å². The fourth-order valence-electron chi connectivity index (χ4n) is 2.08. The number of hydrogen-bond donors (Lipinski definition) is 4. The monoisotopic (exact) mass is 324 g/mol. The highest BCUT2D eigenvalue weighted by molar-refractivity contribution is 7.99. The zero-order chi connectivity index (χ0) is 16.2. The first-order valence-corrected chi connectivity index (χ1v) is 8.50. The van der Waals surface area contributed by atoms with Gasteiger partial charge in [0.25, 0.3) is 0 Å². The molecule has 0 aliphatic heterocycles. The van der Waals surface area contributed by atoms with Crippen LogP contribution in [0.1, 0.15) is 19.5 Å². The van der Waals surface area contributed by atoms with Crippen molar-refractivity contribution in [3.63, 3.8) is 0 Å². The van der Waals surface area contributed by atoms with Crippen LogP contribution in [0.2, 0.25) is 0 Å². The first-order valence-electron chi connectivity index (χ1n) is 7.27. The Labute approximate surface area is 135 Å². The molecule has 5 nitrogen and oxygen atoms in total. The molecule has 1 aromatic carbocycles. The SMILES string of the molecule is CSC(C)(C)NCC(O)COc1cccc2[nH]c(CO)cc12. The lowest BCUT2D eigenvalue weighted by atomic mass is 10.2. The zero-order valence-electron chi connectivity index (χ0n) is 13.2. The van der Waals surface area contributed by atoms with E-state index in [0.717, 1.165) is 16.6 Å². The number of aliphatic hydroxyl groups excluding tert-OH is 2. The molecule has 0 fully saturated rings. The van der Waals surface area contributed by atoms with Gasteiger partial charge in [0.05, 0.1) is 11.5 Å². The van der Waals surface area contributed by atoms with Crippen LogP contribution in [-0.4, -0.2) is 45.6 Å². The van der Waals surface area contributed by atoms with Crippen molar-refractivity contribution in [2.24, 2.45) is 0 Å². The number of rotatable bonds is 8. The highest BCUT2D eigenvalue weighted by atomic mass is 32.2. The first-order chi connectivity index (χ1) is 10.4. The van der Waals surface area contributed by atoms with Crippen LogP contribution in [0.3, 0.4) is 0 Å². The second kappa shape index (κ2) is 7.37. The largest absolute Gasteiger partial charge is 0.490 e. The summed E-state index contributed by atoms with van der Waals surface area (Å²) in [7, 11) is 0. The summed E-state index contributed by atoms with van der Waals surface area (Å²) in [6.45, 7) is 4.80. The molecule has 0 amide bonds. The van der Waals surface area contributed by atoms with Crippen molar-refractivity contribution in [2.75, 3.05) is 19.4 Å². The minimum Gasteiger partial charge on any atom is -0.490 e. The van der Waals surface area contributed by atoms with Crippen molar-refractivity contribution in [3.05, 3.63) is 30.0 Å². The Balaban J connectivity index is 1.95. The summed E-state index contributed by atoms with van der Waals surface area (Å²) in [5.41, 5.74) is 1.66. The van der Waals surface area contributed by atoms with E-state index in [1.165, 1.54) is 0 Å². The third-order valence-electron chi connectivity index (χ3n) is 3.56. The lowest BCUT2D eigenvalue weighted by Crippen LogP contribution is -2.42. The van der Waals surface area contributed by atoms with E-state index in [4.69, 9.17) is 4.74 Å². The smallest absolute Gasteiger partial charge is 0.128 e. The minimum absolute atomic E-state index is 0.0373. The van der Waals surface area contributed by atoms with Crippen LogP contribution in [0.5, 0.6) is 5.75 Å². The van der Waals surface area contributed by atoms with Gasteiger partial charge in [-0.1, -0.05) is 6.07 Å². The van der Waals surface area contributed by atoms with Crippen LogP contribution < -0.4 is 10.1 Å². The Morgan fingerprint density at radius 1 is 1.41 bits per heavy atom. The van der Waals surface area contributed by atoms with Gasteiger partial charge in [-0.2, -0.15) is 0 Å². The topological polar surface area (TPSA) is 77.5 Å². The Bertz CT molecular complexity index is 612. The van der Waals surface area contributed by atoms with E-state index in [1.54, 1.807) is 11.8 Å². The molecule has 0 radical (unpaired) electrons. The van der Waals surface area contributed by atoms with Gasteiger partial charge in [-0.15, -0.1) is 11.8 Å². The van der Waals surface area contributed by atoms with Crippen molar-refractivity contribution < 1.29 is 14.9 Å². The molecule has 2 aromatic rings. The number of nitrogens with one attached hydrogen (secondary N) is 2. The number of aliphatic hydroxyl groups is 2. The summed E-state index contributed by atoms with van der Waals surface area (Å²) in [5, 5.41) is 23.4. The normalized spacial score (nSPS) is 13.5. The quantitative estimate of drug-likeness (QED) is 0.559. The third kappa shape index (κ3) is 4.39. The standard InChI is InChI=1S/C16H24N2O3S/c1-16(2,22-3)17-8-12(20)10-21-15-6-4-5-14-13(15)7-11(9-19)18-14/h4-7,12,17-20H,8-10H2,1-3H3. The number of H-pyrrole nitrogens is 1. The van der Waals surface area contributed by atoms with Crippen LogP contribution in [0.25, 0.3) is 10.9 Å². The molecule has 0 aliphatic carbocycles. The number of thioether (sulfide) groups is 1. The lowest BCUT2D eigenvalue weighted by molar-refractivity contribution is 0.104. The number of ether oxygens (including phenoxy) is 1. The van der Waals surface area contributed by atoms with Gasteiger partial charge in [-0.05, 0) is 38.3 Å². The molecule has 0 spiro atoms. The van der Waals surface area contributed by atoms with E-state index in [1.807, 2.05) is 30.5 Å². The Hall–Kier alpha value is -1.21. The molecular weight excluding hydrogens is 300 g/mol. The summed E-state index contributed by atoms with van der Waals surface area (Å²) in [4.78, 5) is 3.05. The molecule has 0 bridgehead atoms. The predicted molar refractivity (Wildman–Crippen MR) is 91.3 cm³/mol. The number of aromatic amines is 1. The second-order valence-corrected chi connectivity index (χ2v) is 7.16. The molecule has 1 unspecified atom stereocenters. The van der Waals surface area contributed by atoms with E-state index in [0.29, 0.717) is 12.3 Å². The van der Waals surface area contributed by atoms with Gasteiger partial charge in [-0.3, -0.25) is 0 Å². The maximum absolute atomic E-state index is 10.0. The summed E-state index contributed by atoms with van der Waals surface area (Å²) in [6.07, 6.45) is 1.44. The van der Waals surface area contributed by atoms with Crippen molar-refractivity contribution in [2.45, 2.75) is 31.4 Å².